The van der Waals surface area contributed by atoms with Crippen molar-refractivity contribution in [3.05, 3.63) is 58.5 Å². The van der Waals surface area contributed by atoms with Gasteiger partial charge < -0.3 is 14.4 Å². The second-order valence-electron chi connectivity index (χ2n) is 5.06. The maximum absolute atomic E-state index is 12.0. The first-order valence-corrected chi connectivity index (χ1v) is 7.87. The van der Waals surface area contributed by atoms with E-state index < -0.39 is 0 Å². The topological polar surface area (TPSA) is 73.0 Å². The fourth-order valence-electron chi connectivity index (χ4n) is 2.18. The van der Waals surface area contributed by atoms with Crippen LogP contribution in [0.2, 0.25) is 0 Å². The Kier molecular flexibility index (Phi) is 4.57. The Balaban J connectivity index is 1.59. The monoisotopic (exact) mass is 374 g/mol. The maximum Gasteiger partial charge on any atom is 0.246 e. The van der Waals surface area contributed by atoms with Gasteiger partial charge in [0.2, 0.25) is 17.6 Å². The molecule has 0 unspecified atom stereocenters. The van der Waals surface area contributed by atoms with Gasteiger partial charge in [0.25, 0.3) is 0 Å². The van der Waals surface area contributed by atoms with Crippen molar-refractivity contribution in [2.45, 2.75) is 13.0 Å². The minimum absolute atomic E-state index is 0.101. The molecule has 0 aliphatic rings. The van der Waals surface area contributed by atoms with Gasteiger partial charge >= 0.3 is 0 Å². The van der Waals surface area contributed by atoms with Gasteiger partial charge in [-0.3, -0.25) is 4.79 Å². The zero-order chi connectivity index (χ0) is 16.2. The first kappa shape index (κ1) is 15.5. The summed E-state index contributed by atoms with van der Waals surface area (Å²) < 4.78 is 7.99. The molecule has 1 amide bonds. The third-order valence-electron chi connectivity index (χ3n) is 3.39. The van der Waals surface area contributed by atoms with Crippen LogP contribution in [0.15, 0.2) is 51.6 Å². The second kappa shape index (κ2) is 6.78. The zero-order valence-corrected chi connectivity index (χ0v) is 14.1. The van der Waals surface area contributed by atoms with E-state index in [2.05, 4.69) is 31.4 Å². The van der Waals surface area contributed by atoms with E-state index in [-0.39, 0.29) is 12.5 Å². The summed E-state index contributed by atoms with van der Waals surface area (Å²) in [6, 6.07) is 11.4. The van der Waals surface area contributed by atoms with Crippen LogP contribution in [-0.2, 0) is 24.8 Å². The minimum Gasteiger partial charge on any atom is -0.348 e. The first-order valence-electron chi connectivity index (χ1n) is 7.08. The molecule has 2 aromatic heterocycles. The highest BCUT2D eigenvalue weighted by Crippen LogP contribution is 2.17. The average molecular weight is 375 g/mol. The van der Waals surface area contributed by atoms with E-state index in [4.69, 9.17) is 4.52 Å². The molecule has 6 nitrogen and oxygen atoms in total. The SMILES string of the molecule is Cn1cccc1-c1noc(CNC(=O)Cc2ccccc2Br)n1. The molecule has 1 aromatic carbocycles. The van der Waals surface area contributed by atoms with Crippen LogP contribution in [0, 0.1) is 0 Å². The molecule has 3 rings (SSSR count). The van der Waals surface area contributed by atoms with Crippen LogP contribution >= 0.6 is 15.9 Å². The van der Waals surface area contributed by atoms with Gasteiger partial charge in [0, 0.05) is 17.7 Å². The molecule has 3 aromatic rings. The van der Waals surface area contributed by atoms with Gasteiger partial charge in [-0.25, -0.2) is 0 Å². The van der Waals surface area contributed by atoms with Crippen molar-refractivity contribution in [1.82, 2.24) is 20.0 Å². The van der Waals surface area contributed by atoms with Gasteiger partial charge in [-0.1, -0.05) is 39.3 Å². The number of hydrogen-bond donors (Lipinski definition) is 1. The fraction of sp³-hybridized carbons (Fsp3) is 0.188. The number of benzene rings is 1. The molecule has 0 saturated carbocycles. The summed E-state index contributed by atoms with van der Waals surface area (Å²) in [5, 5.41) is 6.71. The van der Waals surface area contributed by atoms with Gasteiger partial charge in [-0.05, 0) is 23.8 Å². The normalized spacial score (nSPS) is 10.7. The number of hydrogen-bond acceptors (Lipinski definition) is 4. The molecule has 0 saturated heterocycles. The number of aromatic nitrogens is 3. The standard InChI is InChI=1S/C16H15BrN4O2/c1-21-8-4-7-13(21)16-19-15(23-20-16)10-18-14(22)9-11-5-2-3-6-12(11)17/h2-8H,9-10H2,1H3,(H,18,22). The Morgan fingerprint density at radius 3 is 2.87 bits per heavy atom. The largest absolute Gasteiger partial charge is 0.348 e. The summed E-state index contributed by atoms with van der Waals surface area (Å²) in [6.07, 6.45) is 2.20. The molecule has 0 radical (unpaired) electrons. The summed E-state index contributed by atoms with van der Waals surface area (Å²) in [5.41, 5.74) is 1.79. The lowest BCUT2D eigenvalue weighted by Crippen LogP contribution is -2.24. The predicted octanol–water partition coefficient (Wildman–Crippen LogP) is 2.70. The molecular weight excluding hydrogens is 360 g/mol. The fourth-order valence-corrected chi connectivity index (χ4v) is 2.60. The number of carbonyl (C=O) groups excluding carboxylic acids is 1. The lowest BCUT2D eigenvalue weighted by molar-refractivity contribution is -0.120. The highest BCUT2D eigenvalue weighted by molar-refractivity contribution is 9.10. The highest BCUT2D eigenvalue weighted by Gasteiger charge is 2.12. The molecule has 0 atom stereocenters. The summed E-state index contributed by atoms with van der Waals surface area (Å²) in [4.78, 5) is 16.3. The molecule has 23 heavy (non-hydrogen) atoms. The first-order chi connectivity index (χ1) is 11.1. The molecule has 0 spiro atoms. The van der Waals surface area contributed by atoms with Crippen LogP contribution in [0.5, 0.6) is 0 Å². The predicted molar refractivity (Wildman–Crippen MR) is 88.4 cm³/mol. The third kappa shape index (κ3) is 3.68. The summed E-state index contributed by atoms with van der Waals surface area (Å²) >= 11 is 3.43. The summed E-state index contributed by atoms with van der Waals surface area (Å²) in [7, 11) is 1.91. The quantitative estimate of drug-likeness (QED) is 0.744. The number of aryl methyl sites for hydroxylation is 1. The Morgan fingerprint density at radius 1 is 1.30 bits per heavy atom. The van der Waals surface area contributed by atoms with Crippen LogP contribution in [0.3, 0.4) is 0 Å². The van der Waals surface area contributed by atoms with Crippen molar-refractivity contribution in [1.29, 1.82) is 0 Å². The lowest BCUT2D eigenvalue weighted by Gasteiger charge is -2.04. The molecule has 0 fully saturated rings. The van der Waals surface area contributed by atoms with Crippen molar-refractivity contribution in [2.75, 3.05) is 0 Å². The number of amides is 1. The Bertz CT molecular complexity index is 825. The van der Waals surface area contributed by atoms with Crippen LogP contribution in [-0.4, -0.2) is 20.6 Å². The van der Waals surface area contributed by atoms with E-state index in [1.807, 2.05) is 54.2 Å². The molecule has 1 N–H and O–H groups in total. The number of nitrogens with zero attached hydrogens (tertiary/aromatic N) is 3. The Morgan fingerprint density at radius 2 is 2.13 bits per heavy atom. The minimum atomic E-state index is -0.101. The van der Waals surface area contributed by atoms with Gasteiger partial charge in [0.15, 0.2) is 0 Å². The van der Waals surface area contributed by atoms with Gasteiger partial charge in [0.05, 0.1) is 18.7 Å². The smallest absolute Gasteiger partial charge is 0.246 e. The van der Waals surface area contributed by atoms with Crippen molar-refractivity contribution in [3.8, 4) is 11.5 Å². The van der Waals surface area contributed by atoms with Crippen molar-refractivity contribution < 1.29 is 9.32 Å². The molecule has 2 heterocycles. The van der Waals surface area contributed by atoms with E-state index in [9.17, 15) is 4.79 Å². The number of carbonyl (C=O) groups is 1. The van der Waals surface area contributed by atoms with E-state index in [0.717, 1.165) is 15.7 Å². The Labute approximate surface area is 141 Å². The molecule has 0 aliphatic carbocycles. The molecule has 0 aliphatic heterocycles. The van der Waals surface area contributed by atoms with Crippen molar-refractivity contribution in [2.24, 2.45) is 7.05 Å². The van der Waals surface area contributed by atoms with Crippen LogP contribution in [0.1, 0.15) is 11.5 Å². The molecule has 118 valence electrons. The molecule has 7 heteroatoms. The van der Waals surface area contributed by atoms with E-state index in [0.29, 0.717) is 18.1 Å². The summed E-state index contributed by atoms with van der Waals surface area (Å²) in [5.74, 6) is 0.782. The Hall–Kier alpha value is -2.41. The van der Waals surface area contributed by atoms with Crippen LogP contribution < -0.4 is 5.32 Å². The number of nitrogens with one attached hydrogen (secondary N) is 1. The van der Waals surface area contributed by atoms with Crippen LogP contribution in [0.25, 0.3) is 11.5 Å². The maximum atomic E-state index is 12.0. The van der Waals surface area contributed by atoms with Gasteiger partial charge in [0.1, 0.15) is 0 Å². The summed E-state index contributed by atoms with van der Waals surface area (Å²) in [6.45, 7) is 0.209. The molecular formula is C16H15BrN4O2. The van der Waals surface area contributed by atoms with E-state index >= 15 is 0 Å². The van der Waals surface area contributed by atoms with Gasteiger partial charge in [-0.15, -0.1) is 0 Å². The number of rotatable bonds is 5. The molecule has 0 bridgehead atoms. The average Bonchev–Trinajstić information content (AvgIpc) is 3.16. The van der Waals surface area contributed by atoms with Crippen LogP contribution in [0.4, 0.5) is 0 Å². The second-order valence-corrected chi connectivity index (χ2v) is 5.92. The van der Waals surface area contributed by atoms with E-state index in [1.165, 1.54) is 0 Å². The van der Waals surface area contributed by atoms with Crippen molar-refractivity contribution >= 4 is 21.8 Å². The van der Waals surface area contributed by atoms with E-state index in [1.54, 1.807) is 0 Å². The number of halogens is 1. The van der Waals surface area contributed by atoms with Gasteiger partial charge in [-0.2, -0.15) is 4.98 Å². The van der Waals surface area contributed by atoms with Crippen molar-refractivity contribution in [3.63, 3.8) is 0 Å². The zero-order valence-electron chi connectivity index (χ0n) is 12.5. The third-order valence-corrected chi connectivity index (χ3v) is 4.16. The lowest BCUT2D eigenvalue weighted by atomic mass is 10.1. The highest BCUT2D eigenvalue weighted by atomic mass is 79.9.